The van der Waals surface area contributed by atoms with E-state index >= 15 is 0 Å². The summed E-state index contributed by atoms with van der Waals surface area (Å²) in [4.78, 5) is 12.1. The first kappa shape index (κ1) is 14.9. The van der Waals surface area contributed by atoms with Crippen LogP contribution in [0.25, 0.3) is 0 Å². The Morgan fingerprint density at radius 1 is 1.43 bits per heavy atom. The molecular weight excluding hydrogens is 268 g/mol. The Kier molecular flexibility index (Phi) is 4.81. The Hall–Kier alpha value is -2.50. The van der Waals surface area contributed by atoms with Crippen LogP contribution in [0.5, 0.6) is 5.75 Å². The third kappa shape index (κ3) is 3.75. The molecule has 0 aliphatic heterocycles. The second-order valence-corrected chi connectivity index (χ2v) is 4.66. The van der Waals surface area contributed by atoms with Crippen LogP contribution in [-0.4, -0.2) is 28.8 Å². The molecule has 0 aliphatic carbocycles. The minimum absolute atomic E-state index is 0.135. The number of amides is 1. The average Bonchev–Trinajstić information content (AvgIpc) is 2.86. The van der Waals surface area contributed by atoms with Crippen molar-refractivity contribution in [2.75, 3.05) is 18.9 Å². The van der Waals surface area contributed by atoms with E-state index in [9.17, 15) is 4.79 Å². The molecule has 1 amide bonds. The number of hydrogen-bond acceptors (Lipinski definition) is 4. The smallest absolute Gasteiger partial charge is 0.254 e. The highest BCUT2D eigenvalue weighted by molar-refractivity contribution is 5.95. The number of hydrogen-bond donors (Lipinski definition) is 2. The zero-order chi connectivity index (χ0) is 15.2. The molecule has 1 aromatic carbocycles. The lowest BCUT2D eigenvalue weighted by atomic mass is 10.2. The molecule has 2 rings (SSSR count). The first-order valence-electron chi connectivity index (χ1n) is 6.89. The van der Waals surface area contributed by atoms with Crippen molar-refractivity contribution in [1.29, 1.82) is 0 Å². The number of benzene rings is 1. The third-order valence-corrected chi connectivity index (χ3v) is 3.05. The summed E-state index contributed by atoms with van der Waals surface area (Å²) in [7, 11) is 1.80. The van der Waals surface area contributed by atoms with Crippen molar-refractivity contribution in [1.82, 2.24) is 15.1 Å². The van der Waals surface area contributed by atoms with Crippen LogP contribution in [0.4, 0.5) is 5.69 Å². The summed E-state index contributed by atoms with van der Waals surface area (Å²) in [6.45, 7) is 2.74. The van der Waals surface area contributed by atoms with E-state index in [1.807, 2.05) is 19.1 Å². The topological polar surface area (TPSA) is 82.2 Å². The SMILES string of the molecule is CCc1nn(C)cc1C(=O)NCCOc1ccccc1N. The van der Waals surface area contributed by atoms with Crippen molar-refractivity contribution in [3.63, 3.8) is 0 Å². The summed E-state index contributed by atoms with van der Waals surface area (Å²) in [5.41, 5.74) is 7.76. The van der Waals surface area contributed by atoms with E-state index in [-0.39, 0.29) is 5.91 Å². The van der Waals surface area contributed by atoms with Crippen LogP contribution in [0, 0.1) is 0 Å². The maximum Gasteiger partial charge on any atom is 0.254 e. The van der Waals surface area contributed by atoms with Gasteiger partial charge in [0.15, 0.2) is 0 Å². The van der Waals surface area contributed by atoms with E-state index in [1.165, 1.54) is 0 Å². The fraction of sp³-hybridized carbons (Fsp3) is 0.333. The number of anilines is 1. The lowest BCUT2D eigenvalue weighted by Crippen LogP contribution is -2.28. The number of rotatable bonds is 6. The van der Waals surface area contributed by atoms with Gasteiger partial charge in [0.25, 0.3) is 5.91 Å². The molecule has 6 heteroatoms. The Bertz CT molecular complexity index is 622. The number of aromatic nitrogens is 2. The van der Waals surface area contributed by atoms with Crippen LogP contribution < -0.4 is 15.8 Å². The lowest BCUT2D eigenvalue weighted by molar-refractivity contribution is 0.0946. The fourth-order valence-corrected chi connectivity index (χ4v) is 2.02. The normalized spacial score (nSPS) is 10.4. The molecule has 6 nitrogen and oxygen atoms in total. The van der Waals surface area contributed by atoms with Gasteiger partial charge in [0.1, 0.15) is 12.4 Å². The zero-order valence-electron chi connectivity index (χ0n) is 12.3. The molecule has 1 heterocycles. The van der Waals surface area contributed by atoms with Crippen molar-refractivity contribution in [2.45, 2.75) is 13.3 Å². The van der Waals surface area contributed by atoms with Crippen LogP contribution in [-0.2, 0) is 13.5 Å². The molecule has 0 atom stereocenters. The number of carbonyl (C=O) groups is 1. The average molecular weight is 288 g/mol. The van der Waals surface area contributed by atoms with Crippen LogP contribution in [0.2, 0.25) is 0 Å². The number of carbonyl (C=O) groups excluding carboxylic acids is 1. The Balaban J connectivity index is 1.83. The van der Waals surface area contributed by atoms with E-state index in [0.717, 1.165) is 12.1 Å². The molecule has 0 bridgehead atoms. The van der Waals surface area contributed by atoms with Gasteiger partial charge in [-0.05, 0) is 18.6 Å². The number of nitrogen functional groups attached to an aromatic ring is 1. The van der Waals surface area contributed by atoms with Gasteiger partial charge in [-0.2, -0.15) is 5.10 Å². The molecule has 0 saturated heterocycles. The first-order valence-corrected chi connectivity index (χ1v) is 6.89. The van der Waals surface area contributed by atoms with Crippen LogP contribution in [0.3, 0.4) is 0 Å². The Morgan fingerprint density at radius 3 is 2.90 bits per heavy atom. The van der Waals surface area contributed by atoms with Gasteiger partial charge in [-0.1, -0.05) is 19.1 Å². The monoisotopic (exact) mass is 288 g/mol. The lowest BCUT2D eigenvalue weighted by Gasteiger charge is -2.09. The predicted octanol–water partition coefficient (Wildman–Crippen LogP) is 1.37. The van der Waals surface area contributed by atoms with Crippen LogP contribution in [0.1, 0.15) is 23.0 Å². The van der Waals surface area contributed by atoms with E-state index in [4.69, 9.17) is 10.5 Å². The van der Waals surface area contributed by atoms with Crippen molar-refractivity contribution in [3.8, 4) is 5.75 Å². The fourth-order valence-electron chi connectivity index (χ4n) is 2.02. The molecule has 1 aromatic heterocycles. The number of aryl methyl sites for hydroxylation is 2. The maximum atomic E-state index is 12.1. The van der Waals surface area contributed by atoms with Gasteiger partial charge in [-0.25, -0.2) is 0 Å². The highest BCUT2D eigenvalue weighted by atomic mass is 16.5. The molecule has 0 unspecified atom stereocenters. The number of para-hydroxylation sites is 2. The molecule has 0 radical (unpaired) electrons. The zero-order valence-corrected chi connectivity index (χ0v) is 12.3. The molecule has 21 heavy (non-hydrogen) atoms. The summed E-state index contributed by atoms with van der Waals surface area (Å²) < 4.78 is 7.17. The molecule has 2 aromatic rings. The largest absolute Gasteiger partial charge is 0.490 e. The van der Waals surface area contributed by atoms with Crippen molar-refractivity contribution < 1.29 is 9.53 Å². The molecular formula is C15H20N4O2. The van der Waals surface area contributed by atoms with Crippen molar-refractivity contribution >= 4 is 11.6 Å². The minimum atomic E-state index is -0.135. The van der Waals surface area contributed by atoms with E-state index < -0.39 is 0 Å². The molecule has 0 saturated carbocycles. The standard InChI is InChI=1S/C15H20N4O2/c1-3-13-11(10-19(2)18-13)15(20)17-8-9-21-14-7-5-4-6-12(14)16/h4-7,10H,3,8-9,16H2,1-2H3,(H,17,20). The van der Waals surface area contributed by atoms with Gasteiger partial charge in [0.2, 0.25) is 0 Å². The summed E-state index contributed by atoms with van der Waals surface area (Å²) in [6, 6.07) is 7.27. The van der Waals surface area contributed by atoms with Crippen molar-refractivity contribution in [3.05, 3.63) is 41.7 Å². The van der Waals surface area contributed by atoms with Gasteiger partial charge in [0.05, 0.1) is 23.5 Å². The van der Waals surface area contributed by atoms with Crippen LogP contribution >= 0.6 is 0 Å². The van der Waals surface area contributed by atoms with E-state index in [1.54, 1.807) is 30.1 Å². The minimum Gasteiger partial charge on any atom is -0.490 e. The summed E-state index contributed by atoms with van der Waals surface area (Å²) >= 11 is 0. The van der Waals surface area contributed by atoms with Gasteiger partial charge in [-0.3, -0.25) is 9.48 Å². The van der Waals surface area contributed by atoms with Crippen molar-refractivity contribution in [2.24, 2.45) is 7.05 Å². The van der Waals surface area contributed by atoms with Crippen LogP contribution in [0.15, 0.2) is 30.5 Å². The number of nitrogens with two attached hydrogens (primary N) is 1. The summed E-state index contributed by atoms with van der Waals surface area (Å²) in [5, 5.41) is 7.06. The quantitative estimate of drug-likeness (QED) is 0.621. The molecule has 112 valence electrons. The number of nitrogens with zero attached hydrogens (tertiary/aromatic N) is 2. The third-order valence-electron chi connectivity index (χ3n) is 3.05. The summed E-state index contributed by atoms with van der Waals surface area (Å²) in [6.07, 6.45) is 2.45. The second kappa shape index (κ2) is 6.78. The van der Waals surface area contributed by atoms with Gasteiger partial charge >= 0.3 is 0 Å². The highest BCUT2D eigenvalue weighted by Crippen LogP contribution is 2.19. The van der Waals surface area contributed by atoms with Gasteiger partial charge in [-0.15, -0.1) is 0 Å². The van der Waals surface area contributed by atoms with E-state index in [2.05, 4.69) is 10.4 Å². The highest BCUT2D eigenvalue weighted by Gasteiger charge is 2.13. The van der Waals surface area contributed by atoms with Gasteiger partial charge in [0, 0.05) is 13.2 Å². The van der Waals surface area contributed by atoms with E-state index in [0.29, 0.717) is 30.2 Å². The predicted molar refractivity (Wildman–Crippen MR) is 81.3 cm³/mol. The Morgan fingerprint density at radius 2 is 2.19 bits per heavy atom. The molecule has 0 aliphatic rings. The molecule has 0 fully saturated rings. The number of ether oxygens (including phenoxy) is 1. The van der Waals surface area contributed by atoms with Gasteiger partial charge < -0.3 is 15.8 Å². The molecule has 0 spiro atoms. The number of nitrogens with one attached hydrogen (secondary N) is 1. The second-order valence-electron chi connectivity index (χ2n) is 4.66. The Labute approximate surface area is 123 Å². The first-order chi connectivity index (χ1) is 10.1. The maximum absolute atomic E-state index is 12.1. The summed E-state index contributed by atoms with van der Waals surface area (Å²) in [5.74, 6) is 0.493. The molecule has 3 N–H and O–H groups in total.